The fraction of sp³-hybridized carbons (Fsp3) is 0.381. The van der Waals surface area contributed by atoms with Crippen molar-refractivity contribution in [2.24, 2.45) is 0 Å². The number of hydrogen-bond donors (Lipinski definition) is 1. The van der Waals surface area contributed by atoms with Crippen molar-refractivity contribution in [3.8, 4) is 0 Å². The standard InChI is InChI=1S/C21H26N2O3/c1-22(18-9-7-17(8-10-18)21(25)26-2)13-11-16-5-3-4-6-20(16)23-14-12-19(24)15-23/h3-10,19,24H,11-15H2,1-2H3/t19-/m0/s1. The highest BCUT2D eigenvalue weighted by Gasteiger charge is 2.22. The molecule has 3 rings (SSSR count). The van der Waals surface area contributed by atoms with E-state index in [1.54, 1.807) is 12.1 Å². The van der Waals surface area contributed by atoms with Gasteiger partial charge in [0.25, 0.3) is 0 Å². The van der Waals surface area contributed by atoms with Crippen molar-refractivity contribution in [1.82, 2.24) is 0 Å². The number of para-hydroxylation sites is 1. The molecule has 2 aromatic carbocycles. The van der Waals surface area contributed by atoms with Gasteiger partial charge in [0, 0.05) is 38.1 Å². The Morgan fingerprint density at radius 1 is 1.23 bits per heavy atom. The van der Waals surface area contributed by atoms with Crippen LogP contribution in [0.5, 0.6) is 0 Å². The number of anilines is 2. The lowest BCUT2D eigenvalue weighted by molar-refractivity contribution is 0.0600. The molecule has 1 N–H and O–H groups in total. The molecule has 0 aliphatic carbocycles. The Kier molecular flexibility index (Phi) is 5.78. The van der Waals surface area contributed by atoms with Crippen LogP contribution in [0, 0.1) is 0 Å². The first-order valence-corrected chi connectivity index (χ1v) is 8.99. The molecular formula is C21H26N2O3. The van der Waals surface area contributed by atoms with Gasteiger partial charge >= 0.3 is 5.97 Å². The molecule has 0 amide bonds. The molecule has 0 unspecified atom stereocenters. The maximum Gasteiger partial charge on any atom is 0.337 e. The summed E-state index contributed by atoms with van der Waals surface area (Å²) in [5, 5.41) is 9.82. The van der Waals surface area contributed by atoms with Gasteiger partial charge in [-0.15, -0.1) is 0 Å². The van der Waals surface area contributed by atoms with Crippen molar-refractivity contribution >= 4 is 17.3 Å². The third kappa shape index (κ3) is 4.17. The molecule has 0 saturated carbocycles. The van der Waals surface area contributed by atoms with E-state index in [-0.39, 0.29) is 12.1 Å². The summed E-state index contributed by atoms with van der Waals surface area (Å²) in [4.78, 5) is 16.0. The Morgan fingerprint density at radius 3 is 2.62 bits per heavy atom. The quantitative estimate of drug-likeness (QED) is 0.809. The van der Waals surface area contributed by atoms with Gasteiger partial charge in [-0.3, -0.25) is 0 Å². The Balaban J connectivity index is 1.64. The summed E-state index contributed by atoms with van der Waals surface area (Å²) in [6, 6.07) is 15.9. The summed E-state index contributed by atoms with van der Waals surface area (Å²) in [5.74, 6) is -0.319. The summed E-state index contributed by atoms with van der Waals surface area (Å²) in [6.45, 7) is 2.48. The van der Waals surface area contributed by atoms with E-state index < -0.39 is 0 Å². The minimum atomic E-state index is -0.319. The summed E-state index contributed by atoms with van der Waals surface area (Å²) >= 11 is 0. The molecule has 1 heterocycles. The molecule has 26 heavy (non-hydrogen) atoms. The first-order valence-electron chi connectivity index (χ1n) is 8.99. The van der Waals surface area contributed by atoms with Gasteiger partial charge in [-0.1, -0.05) is 18.2 Å². The topological polar surface area (TPSA) is 53.0 Å². The van der Waals surface area contributed by atoms with Crippen molar-refractivity contribution in [2.45, 2.75) is 18.9 Å². The van der Waals surface area contributed by atoms with Gasteiger partial charge in [0.15, 0.2) is 0 Å². The van der Waals surface area contributed by atoms with Crippen molar-refractivity contribution in [3.05, 3.63) is 59.7 Å². The Bertz CT molecular complexity index is 745. The fourth-order valence-corrected chi connectivity index (χ4v) is 3.38. The van der Waals surface area contributed by atoms with Crippen LogP contribution in [-0.2, 0) is 11.2 Å². The SMILES string of the molecule is COC(=O)c1ccc(N(C)CCc2ccccc2N2CC[C@H](O)C2)cc1. The smallest absolute Gasteiger partial charge is 0.337 e. The lowest BCUT2D eigenvalue weighted by atomic mass is 10.1. The summed E-state index contributed by atoms with van der Waals surface area (Å²) in [5.41, 5.74) is 4.13. The second kappa shape index (κ2) is 8.23. The van der Waals surface area contributed by atoms with E-state index >= 15 is 0 Å². The second-order valence-electron chi connectivity index (χ2n) is 6.73. The zero-order valence-corrected chi connectivity index (χ0v) is 15.4. The third-order valence-electron chi connectivity index (χ3n) is 4.94. The van der Waals surface area contributed by atoms with Gasteiger partial charge in [0.05, 0.1) is 18.8 Å². The Hall–Kier alpha value is -2.53. The molecule has 0 spiro atoms. The minimum Gasteiger partial charge on any atom is -0.465 e. The third-order valence-corrected chi connectivity index (χ3v) is 4.94. The Morgan fingerprint density at radius 2 is 1.96 bits per heavy atom. The lowest BCUT2D eigenvalue weighted by Gasteiger charge is -2.24. The molecule has 138 valence electrons. The molecule has 0 radical (unpaired) electrons. The van der Waals surface area contributed by atoms with Gasteiger partial charge in [0.2, 0.25) is 0 Å². The first kappa shape index (κ1) is 18.3. The maximum absolute atomic E-state index is 11.5. The molecule has 1 aliphatic rings. The van der Waals surface area contributed by atoms with Crippen molar-refractivity contribution in [2.75, 3.05) is 43.6 Å². The maximum atomic E-state index is 11.5. The van der Waals surface area contributed by atoms with Gasteiger partial charge in [0.1, 0.15) is 0 Å². The van der Waals surface area contributed by atoms with Crippen LogP contribution >= 0.6 is 0 Å². The van der Waals surface area contributed by atoms with Gasteiger partial charge in [-0.05, 0) is 48.7 Å². The molecule has 0 aromatic heterocycles. The largest absolute Gasteiger partial charge is 0.465 e. The monoisotopic (exact) mass is 354 g/mol. The predicted octanol–water partition coefficient (Wildman–Crippen LogP) is 2.72. The summed E-state index contributed by atoms with van der Waals surface area (Å²) in [7, 11) is 3.44. The second-order valence-corrected chi connectivity index (χ2v) is 6.73. The zero-order chi connectivity index (χ0) is 18.5. The molecular weight excluding hydrogens is 328 g/mol. The first-order chi connectivity index (χ1) is 12.6. The van der Waals surface area contributed by atoms with Crippen LogP contribution in [-0.4, -0.2) is 51.0 Å². The van der Waals surface area contributed by atoms with Crippen molar-refractivity contribution < 1.29 is 14.6 Å². The number of aliphatic hydroxyl groups is 1. The van der Waals surface area contributed by atoms with E-state index in [9.17, 15) is 9.90 Å². The van der Waals surface area contributed by atoms with E-state index in [1.807, 2.05) is 12.1 Å². The van der Waals surface area contributed by atoms with Crippen molar-refractivity contribution in [3.63, 3.8) is 0 Å². The molecule has 1 fully saturated rings. The van der Waals surface area contributed by atoms with Crippen LogP contribution in [0.3, 0.4) is 0 Å². The minimum absolute atomic E-state index is 0.223. The van der Waals surface area contributed by atoms with Crippen LogP contribution in [0.4, 0.5) is 11.4 Å². The zero-order valence-electron chi connectivity index (χ0n) is 15.4. The van der Waals surface area contributed by atoms with E-state index in [4.69, 9.17) is 4.74 Å². The van der Waals surface area contributed by atoms with E-state index in [0.717, 1.165) is 31.6 Å². The number of benzene rings is 2. The summed E-state index contributed by atoms with van der Waals surface area (Å²) in [6.07, 6.45) is 1.53. The fourth-order valence-electron chi connectivity index (χ4n) is 3.38. The Labute approximate surface area is 154 Å². The number of β-amino-alcohol motifs (C(OH)–C–C–N with tert-alkyl or cyclic N) is 1. The molecule has 0 bridgehead atoms. The van der Waals surface area contributed by atoms with Crippen LogP contribution in [0.15, 0.2) is 48.5 Å². The number of likely N-dealkylation sites (N-methyl/N-ethyl adjacent to an activating group) is 1. The molecule has 1 saturated heterocycles. The lowest BCUT2D eigenvalue weighted by Crippen LogP contribution is -2.24. The molecule has 1 atom stereocenters. The number of carbonyl (C=O) groups is 1. The van der Waals surface area contributed by atoms with Crippen LogP contribution in [0.25, 0.3) is 0 Å². The summed E-state index contributed by atoms with van der Waals surface area (Å²) < 4.78 is 4.74. The number of rotatable bonds is 6. The highest BCUT2D eigenvalue weighted by molar-refractivity contribution is 5.89. The number of aliphatic hydroxyl groups excluding tert-OH is 1. The molecule has 2 aromatic rings. The van der Waals surface area contributed by atoms with Gasteiger partial charge in [-0.2, -0.15) is 0 Å². The predicted molar refractivity (Wildman–Crippen MR) is 104 cm³/mol. The number of hydrogen-bond acceptors (Lipinski definition) is 5. The average molecular weight is 354 g/mol. The van der Waals surface area contributed by atoms with E-state index in [0.29, 0.717) is 12.1 Å². The number of nitrogens with zero attached hydrogens (tertiary/aromatic N) is 2. The number of ether oxygens (including phenoxy) is 1. The van der Waals surface area contributed by atoms with Gasteiger partial charge < -0.3 is 19.6 Å². The van der Waals surface area contributed by atoms with Crippen LogP contribution in [0.1, 0.15) is 22.3 Å². The molecule has 1 aliphatic heterocycles. The van der Waals surface area contributed by atoms with E-state index in [1.165, 1.54) is 18.4 Å². The number of carbonyl (C=O) groups excluding carboxylic acids is 1. The normalized spacial score (nSPS) is 16.6. The average Bonchev–Trinajstić information content (AvgIpc) is 3.12. The van der Waals surface area contributed by atoms with E-state index in [2.05, 4.69) is 41.1 Å². The molecule has 5 nitrogen and oxygen atoms in total. The highest BCUT2D eigenvalue weighted by Crippen LogP contribution is 2.25. The van der Waals surface area contributed by atoms with Crippen molar-refractivity contribution in [1.29, 1.82) is 0 Å². The number of methoxy groups -OCH3 is 1. The van der Waals surface area contributed by atoms with Crippen LogP contribution in [0.2, 0.25) is 0 Å². The number of esters is 1. The van der Waals surface area contributed by atoms with Gasteiger partial charge in [-0.25, -0.2) is 4.79 Å². The van der Waals surface area contributed by atoms with Crippen LogP contribution < -0.4 is 9.80 Å². The highest BCUT2D eigenvalue weighted by atomic mass is 16.5. The molecule has 5 heteroatoms.